The number of rotatable bonds is 3. The van der Waals surface area contributed by atoms with Crippen LogP contribution in [0.3, 0.4) is 0 Å². The summed E-state index contributed by atoms with van der Waals surface area (Å²) >= 11 is 5.69. The minimum Gasteiger partial charge on any atom is -0.345 e. The molecule has 0 aliphatic rings. The lowest BCUT2D eigenvalue weighted by molar-refractivity contribution is 0.0827. The van der Waals surface area contributed by atoms with Gasteiger partial charge >= 0.3 is 0 Å². The first-order valence-corrected chi connectivity index (χ1v) is 6.46. The summed E-state index contributed by atoms with van der Waals surface area (Å²) in [6.07, 6.45) is 2.66. The number of nitrogens with zero attached hydrogens (tertiary/aromatic N) is 3. The minimum absolute atomic E-state index is 0.104. The Kier molecular flexibility index (Phi) is 4.49. The second-order valence-corrected chi connectivity index (χ2v) is 4.85. The third-order valence-electron chi connectivity index (χ3n) is 2.61. The molecule has 1 N–H and O–H groups in total. The Labute approximate surface area is 126 Å². The summed E-state index contributed by atoms with van der Waals surface area (Å²) in [6.45, 7) is 0. The number of anilines is 1. The summed E-state index contributed by atoms with van der Waals surface area (Å²) < 4.78 is 0. The van der Waals surface area contributed by atoms with E-state index in [0.29, 0.717) is 11.3 Å². The number of amides is 2. The molecule has 0 fully saturated rings. The van der Waals surface area contributed by atoms with E-state index in [1.807, 2.05) is 0 Å². The van der Waals surface area contributed by atoms with Gasteiger partial charge in [0.15, 0.2) is 0 Å². The molecule has 1 aromatic heterocycles. The molecule has 2 rings (SSSR count). The summed E-state index contributed by atoms with van der Waals surface area (Å²) in [5, 5.41) is 2.79. The fourth-order valence-electron chi connectivity index (χ4n) is 1.63. The molecule has 2 aromatic rings. The third-order valence-corrected chi connectivity index (χ3v) is 2.79. The zero-order chi connectivity index (χ0) is 15.4. The van der Waals surface area contributed by atoms with E-state index in [1.165, 1.54) is 17.3 Å². The molecule has 0 atom stereocenters. The zero-order valence-corrected chi connectivity index (χ0v) is 12.3. The van der Waals surface area contributed by atoms with E-state index < -0.39 is 5.91 Å². The molecule has 0 aliphatic heterocycles. The van der Waals surface area contributed by atoms with Crippen molar-refractivity contribution in [3.63, 3.8) is 0 Å². The summed E-state index contributed by atoms with van der Waals surface area (Å²) in [7, 11) is 3.32. The van der Waals surface area contributed by atoms with Crippen LogP contribution >= 0.6 is 11.6 Å². The van der Waals surface area contributed by atoms with Crippen molar-refractivity contribution in [2.75, 3.05) is 19.4 Å². The molecule has 108 valence electrons. The Morgan fingerprint density at radius 1 is 1.24 bits per heavy atom. The lowest BCUT2D eigenvalue weighted by Gasteiger charge is -2.11. The summed E-state index contributed by atoms with van der Waals surface area (Å²) in [4.78, 5) is 33.0. The van der Waals surface area contributed by atoms with Crippen LogP contribution < -0.4 is 5.32 Å². The number of hydrogen-bond acceptors (Lipinski definition) is 4. The van der Waals surface area contributed by atoms with Gasteiger partial charge < -0.3 is 10.2 Å². The molecule has 1 heterocycles. The zero-order valence-electron chi connectivity index (χ0n) is 11.5. The lowest BCUT2D eigenvalue weighted by Crippen LogP contribution is -2.22. The lowest BCUT2D eigenvalue weighted by atomic mass is 10.2. The minimum atomic E-state index is -0.445. The highest BCUT2D eigenvalue weighted by Crippen LogP contribution is 2.13. The van der Waals surface area contributed by atoms with Gasteiger partial charge in [0, 0.05) is 25.3 Å². The van der Waals surface area contributed by atoms with Gasteiger partial charge in [0.25, 0.3) is 11.8 Å². The largest absolute Gasteiger partial charge is 0.345 e. The highest BCUT2D eigenvalue weighted by Gasteiger charge is 2.11. The number of benzene rings is 1. The van der Waals surface area contributed by atoms with E-state index in [9.17, 15) is 9.59 Å². The number of aromatic nitrogens is 2. The van der Waals surface area contributed by atoms with Crippen molar-refractivity contribution in [2.45, 2.75) is 0 Å². The van der Waals surface area contributed by atoms with Gasteiger partial charge in [-0.2, -0.15) is 0 Å². The van der Waals surface area contributed by atoms with E-state index in [1.54, 1.807) is 38.4 Å². The Bertz CT molecular complexity index is 688. The standard InChI is InChI=1S/C14H13ClN4O2/c1-19(2)14(21)9-4-3-5-10(6-9)17-13(20)11-7-16-8-12(15)18-11/h3-8H,1-2H3,(H,17,20). The first kappa shape index (κ1) is 14.9. The fourth-order valence-corrected chi connectivity index (χ4v) is 1.78. The van der Waals surface area contributed by atoms with Gasteiger partial charge in [0.1, 0.15) is 10.8 Å². The van der Waals surface area contributed by atoms with Gasteiger partial charge in [0.2, 0.25) is 0 Å². The van der Waals surface area contributed by atoms with E-state index >= 15 is 0 Å². The molecule has 0 saturated heterocycles. The highest BCUT2D eigenvalue weighted by molar-refractivity contribution is 6.29. The number of carbonyl (C=O) groups is 2. The second kappa shape index (κ2) is 6.32. The predicted octanol–water partition coefficient (Wildman–Crippen LogP) is 2.08. The van der Waals surface area contributed by atoms with Gasteiger partial charge in [-0.1, -0.05) is 17.7 Å². The molecular formula is C14H13ClN4O2. The Morgan fingerprint density at radius 2 is 2.00 bits per heavy atom. The van der Waals surface area contributed by atoms with Crippen LogP contribution in [0.4, 0.5) is 5.69 Å². The van der Waals surface area contributed by atoms with Crippen LogP contribution in [0.2, 0.25) is 5.15 Å². The van der Waals surface area contributed by atoms with Crippen molar-refractivity contribution >= 4 is 29.1 Å². The van der Waals surface area contributed by atoms with Crippen molar-refractivity contribution in [3.05, 3.63) is 53.1 Å². The molecule has 2 amide bonds. The molecule has 6 nitrogen and oxygen atoms in total. The molecule has 7 heteroatoms. The molecule has 0 radical (unpaired) electrons. The van der Waals surface area contributed by atoms with Gasteiger partial charge in [-0.3, -0.25) is 14.6 Å². The summed E-state index contributed by atoms with van der Waals surface area (Å²) in [5.41, 5.74) is 1.08. The first-order chi connectivity index (χ1) is 9.97. The van der Waals surface area contributed by atoms with E-state index in [-0.39, 0.29) is 16.8 Å². The second-order valence-electron chi connectivity index (χ2n) is 4.46. The Hall–Kier alpha value is -2.47. The van der Waals surface area contributed by atoms with Gasteiger partial charge in [-0.05, 0) is 18.2 Å². The predicted molar refractivity (Wildman–Crippen MR) is 79.5 cm³/mol. The molecule has 0 aliphatic carbocycles. The molecule has 21 heavy (non-hydrogen) atoms. The van der Waals surface area contributed by atoms with Crippen molar-refractivity contribution in [3.8, 4) is 0 Å². The molecule has 0 spiro atoms. The van der Waals surface area contributed by atoms with Crippen LogP contribution in [-0.2, 0) is 0 Å². The monoisotopic (exact) mass is 304 g/mol. The molecule has 0 unspecified atom stereocenters. The van der Waals surface area contributed by atoms with E-state index in [2.05, 4.69) is 15.3 Å². The van der Waals surface area contributed by atoms with E-state index in [4.69, 9.17) is 11.6 Å². The maximum absolute atomic E-state index is 12.0. The molecule has 0 saturated carbocycles. The number of halogens is 1. The number of hydrogen-bond donors (Lipinski definition) is 1. The Morgan fingerprint density at radius 3 is 2.67 bits per heavy atom. The summed E-state index contributed by atoms with van der Waals surface area (Å²) in [6, 6.07) is 6.65. The van der Waals surface area contributed by atoms with Crippen LogP contribution in [0, 0.1) is 0 Å². The van der Waals surface area contributed by atoms with Crippen molar-refractivity contribution < 1.29 is 9.59 Å². The van der Waals surface area contributed by atoms with Gasteiger partial charge in [0.05, 0.1) is 12.4 Å². The SMILES string of the molecule is CN(C)C(=O)c1cccc(NC(=O)c2cncc(Cl)n2)c1. The van der Waals surface area contributed by atoms with Crippen LogP contribution in [0.1, 0.15) is 20.8 Å². The molecule has 1 aromatic carbocycles. The van der Waals surface area contributed by atoms with Crippen LogP contribution in [0.15, 0.2) is 36.7 Å². The number of nitrogens with one attached hydrogen (secondary N) is 1. The van der Waals surface area contributed by atoms with Gasteiger partial charge in [-0.25, -0.2) is 4.98 Å². The maximum Gasteiger partial charge on any atom is 0.275 e. The van der Waals surface area contributed by atoms with Crippen LogP contribution in [0.25, 0.3) is 0 Å². The molecule has 0 bridgehead atoms. The van der Waals surface area contributed by atoms with Crippen molar-refractivity contribution in [1.29, 1.82) is 0 Å². The molecular weight excluding hydrogens is 292 g/mol. The topological polar surface area (TPSA) is 75.2 Å². The van der Waals surface area contributed by atoms with Crippen molar-refractivity contribution in [2.24, 2.45) is 0 Å². The van der Waals surface area contributed by atoms with Crippen LogP contribution in [-0.4, -0.2) is 40.8 Å². The normalized spacial score (nSPS) is 10.0. The highest BCUT2D eigenvalue weighted by atomic mass is 35.5. The van der Waals surface area contributed by atoms with Gasteiger partial charge in [-0.15, -0.1) is 0 Å². The quantitative estimate of drug-likeness (QED) is 0.942. The first-order valence-electron chi connectivity index (χ1n) is 6.08. The smallest absolute Gasteiger partial charge is 0.275 e. The average molecular weight is 305 g/mol. The Balaban J connectivity index is 2.18. The van der Waals surface area contributed by atoms with Crippen molar-refractivity contribution in [1.82, 2.24) is 14.9 Å². The third kappa shape index (κ3) is 3.76. The van der Waals surface area contributed by atoms with E-state index in [0.717, 1.165) is 0 Å². The maximum atomic E-state index is 12.0. The summed E-state index contributed by atoms with van der Waals surface area (Å²) in [5.74, 6) is -0.590. The van der Waals surface area contributed by atoms with Crippen LogP contribution in [0.5, 0.6) is 0 Å². The fraction of sp³-hybridized carbons (Fsp3) is 0.143. The average Bonchev–Trinajstić information content (AvgIpc) is 2.46. The number of carbonyl (C=O) groups excluding carboxylic acids is 2.